The molecule has 26 heavy (non-hydrogen) atoms. The van der Waals surface area contributed by atoms with Crippen LogP contribution in [0.5, 0.6) is 0 Å². The Bertz CT molecular complexity index is 977. The Morgan fingerprint density at radius 1 is 1.31 bits per heavy atom. The average molecular weight is 376 g/mol. The molecular formula is C18H22ClN5O2. The molecule has 8 heteroatoms. The molecule has 0 fully saturated rings. The number of aromatic nitrogens is 3. The highest BCUT2D eigenvalue weighted by Crippen LogP contribution is 2.29. The van der Waals surface area contributed by atoms with Gasteiger partial charge in [-0.25, -0.2) is 14.8 Å². The highest BCUT2D eigenvalue weighted by atomic mass is 35.5. The molecule has 0 unspecified atom stereocenters. The SMILES string of the molecule is CC(C)(C)N(CCn1c(CCl)nc2c(N)nc3ccccc3c21)C(=O)O. The van der Waals surface area contributed by atoms with Crippen molar-refractivity contribution in [3.05, 3.63) is 30.1 Å². The maximum absolute atomic E-state index is 11.6. The molecule has 3 N–H and O–H groups in total. The second-order valence-electron chi connectivity index (χ2n) is 7.13. The number of amides is 1. The first-order valence-electron chi connectivity index (χ1n) is 8.34. The summed E-state index contributed by atoms with van der Waals surface area (Å²) in [4.78, 5) is 22.0. The molecule has 3 rings (SSSR count). The number of nitrogens with zero attached hydrogens (tertiary/aromatic N) is 4. The summed E-state index contributed by atoms with van der Waals surface area (Å²) in [5.41, 5.74) is 7.79. The maximum Gasteiger partial charge on any atom is 0.407 e. The quantitative estimate of drug-likeness (QED) is 0.678. The van der Waals surface area contributed by atoms with Crippen LogP contribution in [-0.4, -0.2) is 42.7 Å². The van der Waals surface area contributed by atoms with Crippen LogP contribution in [0.4, 0.5) is 10.6 Å². The zero-order valence-electron chi connectivity index (χ0n) is 15.0. The maximum atomic E-state index is 11.6. The van der Waals surface area contributed by atoms with Gasteiger partial charge in [0.25, 0.3) is 0 Å². The molecule has 0 aliphatic carbocycles. The zero-order valence-corrected chi connectivity index (χ0v) is 15.8. The highest BCUT2D eigenvalue weighted by molar-refractivity contribution is 6.17. The van der Waals surface area contributed by atoms with E-state index in [9.17, 15) is 9.90 Å². The van der Waals surface area contributed by atoms with Crippen molar-refractivity contribution in [3.8, 4) is 0 Å². The van der Waals surface area contributed by atoms with Gasteiger partial charge in [0.05, 0.1) is 16.9 Å². The summed E-state index contributed by atoms with van der Waals surface area (Å²) < 4.78 is 1.95. The number of halogens is 1. The van der Waals surface area contributed by atoms with Crippen molar-refractivity contribution in [2.45, 2.75) is 38.7 Å². The van der Waals surface area contributed by atoms with E-state index < -0.39 is 11.6 Å². The molecule has 0 aliphatic heterocycles. The van der Waals surface area contributed by atoms with Crippen molar-refractivity contribution >= 4 is 45.4 Å². The summed E-state index contributed by atoms with van der Waals surface area (Å²) in [5, 5.41) is 10.5. The summed E-state index contributed by atoms with van der Waals surface area (Å²) in [6, 6.07) is 7.67. The van der Waals surface area contributed by atoms with Gasteiger partial charge in [-0.15, -0.1) is 11.6 Å². The summed E-state index contributed by atoms with van der Waals surface area (Å²) in [6.07, 6.45) is -0.958. The molecule has 0 saturated carbocycles. The number of alkyl halides is 1. The van der Waals surface area contributed by atoms with Gasteiger partial charge in [-0.3, -0.25) is 0 Å². The van der Waals surface area contributed by atoms with Gasteiger partial charge >= 0.3 is 6.09 Å². The second kappa shape index (κ2) is 6.64. The molecule has 3 aromatic rings. The lowest BCUT2D eigenvalue weighted by atomic mass is 10.1. The van der Waals surface area contributed by atoms with Crippen molar-refractivity contribution in [2.75, 3.05) is 12.3 Å². The van der Waals surface area contributed by atoms with Crippen LogP contribution in [0.25, 0.3) is 21.9 Å². The lowest BCUT2D eigenvalue weighted by Gasteiger charge is -2.33. The Kier molecular flexibility index (Phi) is 4.66. The summed E-state index contributed by atoms with van der Waals surface area (Å²) >= 11 is 6.10. The molecule has 2 heterocycles. The van der Waals surface area contributed by atoms with Gasteiger partial charge in [0.2, 0.25) is 0 Å². The van der Waals surface area contributed by atoms with Crippen LogP contribution in [0.2, 0.25) is 0 Å². The van der Waals surface area contributed by atoms with E-state index in [2.05, 4.69) is 9.97 Å². The zero-order chi connectivity index (χ0) is 19.1. The van der Waals surface area contributed by atoms with Crippen molar-refractivity contribution in [1.29, 1.82) is 0 Å². The van der Waals surface area contributed by atoms with Gasteiger partial charge in [0, 0.05) is 24.0 Å². The smallest absolute Gasteiger partial charge is 0.407 e. The predicted molar refractivity (Wildman–Crippen MR) is 103 cm³/mol. The third-order valence-electron chi connectivity index (χ3n) is 4.40. The fourth-order valence-corrected chi connectivity index (χ4v) is 3.37. The Morgan fingerprint density at radius 2 is 2.00 bits per heavy atom. The predicted octanol–water partition coefficient (Wildman–Crippen LogP) is 3.68. The third kappa shape index (κ3) is 3.14. The number of benzene rings is 1. The number of carboxylic acid groups (broad SMARTS) is 1. The normalized spacial score (nSPS) is 12.0. The summed E-state index contributed by atoms with van der Waals surface area (Å²) in [5.74, 6) is 1.19. The number of anilines is 1. The molecular weight excluding hydrogens is 354 g/mol. The van der Waals surface area contributed by atoms with E-state index in [1.165, 1.54) is 4.90 Å². The molecule has 7 nitrogen and oxygen atoms in total. The average Bonchev–Trinajstić information content (AvgIpc) is 2.93. The molecule has 0 aliphatic rings. The van der Waals surface area contributed by atoms with Gasteiger partial charge in [0.15, 0.2) is 5.82 Å². The minimum absolute atomic E-state index is 0.199. The molecule has 1 aromatic carbocycles. The minimum Gasteiger partial charge on any atom is -0.465 e. The second-order valence-corrected chi connectivity index (χ2v) is 7.40. The fraction of sp³-hybridized carbons (Fsp3) is 0.389. The molecule has 0 bridgehead atoms. The van der Waals surface area contributed by atoms with Crippen LogP contribution < -0.4 is 5.73 Å². The van der Waals surface area contributed by atoms with Crippen LogP contribution >= 0.6 is 11.6 Å². The van der Waals surface area contributed by atoms with Crippen molar-refractivity contribution in [2.24, 2.45) is 0 Å². The molecule has 1 amide bonds. The van der Waals surface area contributed by atoms with Crippen molar-refractivity contribution < 1.29 is 9.90 Å². The largest absolute Gasteiger partial charge is 0.465 e. The van der Waals surface area contributed by atoms with Crippen LogP contribution in [0.3, 0.4) is 0 Å². The number of pyridine rings is 1. The van der Waals surface area contributed by atoms with Gasteiger partial charge < -0.3 is 20.3 Å². The van der Waals surface area contributed by atoms with Crippen LogP contribution in [-0.2, 0) is 12.4 Å². The van der Waals surface area contributed by atoms with E-state index in [-0.39, 0.29) is 5.88 Å². The lowest BCUT2D eigenvalue weighted by Crippen LogP contribution is -2.46. The number of hydrogen-bond acceptors (Lipinski definition) is 4. The number of hydrogen-bond donors (Lipinski definition) is 2. The Labute approximate surface area is 156 Å². The third-order valence-corrected chi connectivity index (χ3v) is 4.64. The fourth-order valence-electron chi connectivity index (χ4n) is 3.17. The summed E-state index contributed by atoms with van der Waals surface area (Å²) in [6.45, 7) is 6.34. The number of nitrogens with two attached hydrogens (primary N) is 1. The number of imidazole rings is 1. The van der Waals surface area contributed by atoms with E-state index in [4.69, 9.17) is 17.3 Å². The van der Waals surface area contributed by atoms with E-state index in [0.717, 1.165) is 16.4 Å². The minimum atomic E-state index is -0.958. The summed E-state index contributed by atoms with van der Waals surface area (Å²) in [7, 11) is 0. The van der Waals surface area contributed by atoms with E-state index in [1.807, 2.05) is 49.6 Å². The first kappa shape index (κ1) is 18.3. The standard InChI is InChI=1S/C18H22ClN5O2/c1-18(2,3)24(17(25)26)9-8-23-13(10-19)22-14-15(23)11-6-4-5-7-12(11)21-16(14)20/h4-7H,8-10H2,1-3H3,(H2,20,21)(H,25,26). The number of para-hydroxylation sites is 1. The molecule has 138 valence electrons. The Balaban J connectivity index is 2.14. The van der Waals surface area contributed by atoms with Gasteiger partial charge in [-0.2, -0.15) is 0 Å². The van der Waals surface area contributed by atoms with Gasteiger partial charge in [0.1, 0.15) is 11.3 Å². The van der Waals surface area contributed by atoms with E-state index >= 15 is 0 Å². The van der Waals surface area contributed by atoms with E-state index in [1.54, 1.807) is 0 Å². The number of fused-ring (bicyclic) bond motifs is 3. The lowest BCUT2D eigenvalue weighted by molar-refractivity contribution is 0.0979. The van der Waals surface area contributed by atoms with E-state index in [0.29, 0.717) is 30.2 Å². The van der Waals surface area contributed by atoms with Crippen molar-refractivity contribution in [1.82, 2.24) is 19.4 Å². The van der Waals surface area contributed by atoms with Crippen LogP contribution in [0, 0.1) is 0 Å². The topological polar surface area (TPSA) is 97.3 Å². The molecule has 0 spiro atoms. The number of nitrogen functional groups attached to an aromatic ring is 1. The van der Waals surface area contributed by atoms with Crippen LogP contribution in [0.1, 0.15) is 26.6 Å². The first-order valence-corrected chi connectivity index (χ1v) is 8.87. The van der Waals surface area contributed by atoms with Gasteiger partial charge in [-0.05, 0) is 26.8 Å². The molecule has 2 aromatic heterocycles. The highest BCUT2D eigenvalue weighted by Gasteiger charge is 2.26. The van der Waals surface area contributed by atoms with Gasteiger partial charge in [-0.1, -0.05) is 18.2 Å². The number of rotatable bonds is 4. The van der Waals surface area contributed by atoms with Crippen LogP contribution in [0.15, 0.2) is 24.3 Å². The monoisotopic (exact) mass is 375 g/mol. The Morgan fingerprint density at radius 3 is 2.62 bits per heavy atom. The molecule has 0 atom stereocenters. The molecule has 0 saturated heterocycles. The molecule has 0 radical (unpaired) electrons. The first-order chi connectivity index (χ1) is 12.2. The Hall–Kier alpha value is -2.54. The van der Waals surface area contributed by atoms with Crippen molar-refractivity contribution in [3.63, 3.8) is 0 Å². The number of carbonyl (C=O) groups is 1.